The zero-order valence-electron chi connectivity index (χ0n) is 5.58. The van der Waals surface area contributed by atoms with Crippen molar-refractivity contribution >= 4 is 47.6 Å². The first-order chi connectivity index (χ1) is 6.09. The minimum absolute atomic E-state index is 0.687. The van der Waals surface area contributed by atoms with Crippen LogP contribution in [-0.4, -0.2) is 15.9 Å². The van der Waals surface area contributed by atoms with Gasteiger partial charge in [-0.05, 0) is 0 Å². The molecule has 0 aromatic heterocycles. The Bertz CT molecular complexity index is 277. The Morgan fingerprint density at radius 2 is 1.08 bits per heavy atom. The molecule has 2 bridgehead atoms. The molecule has 0 radical (unpaired) electrons. The number of carbonyl (C=O) groups is 4. The van der Waals surface area contributed by atoms with Gasteiger partial charge < -0.3 is 0 Å². The molecule has 0 aliphatic carbocycles. The van der Waals surface area contributed by atoms with Crippen molar-refractivity contribution in [3.8, 4) is 0 Å². The van der Waals surface area contributed by atoms with Crippen molar-refractivity contribution in [2.75, 3.05) is 0 Å². The molecule has 2 aliphatic heterocycles. The Morgan fingerprint density at radius 3 is 1.38 bits per heavy atom. The summed E-state index contributed by atoms with van der Waals surface area (Å²) in [5.41, 5.74) is 0. The monoisotopic (exact) mass is 525 g/mol. The average Bonchev–Trinajstić information content (AvgIpc) is 2.02. The van der Waals surface area contributed by atoms with Gasteiger partial charge in [0.05, 0.1) is 0 Å². The molecule has 0 N–H and O–H groups in total. The van der Waals surface area contributed by atoms with E-state index in [-0.39, 0.29) is 0 Å². The summed E-state index contributed by atoms with van der Waals surface area (Å²) in [5, 5.41) is 0. The third-order valence-electron chi connectivity index (χ3n) is 0.971. The van der Waals surface area contributed by atoms with E-state index in [1.54, 1.807) is 0 Å². The Morgan fingerprint density at radius 1 is 0.769 bits per heavy atom. The molecular weight excluding hydrogens is 525 g/mol. The van der Waals surface area contributed by atoms with E-state index in [0.717, 1.165) is 0 Å². The van der Waals surface area contributed by atoms with Crippen molar-refractivity contribution in [1.29, 1.82) is 0 Å². The summed E-state index contributed by atoms with van der Waals surface area (Å²) >= 11 is -5.83. The van der Waals surface area contributed by atoms with E-state index < -0.39 is 60.8 Å². The molecule has 2 fully saturated rings. The summed E-state index contributed by atoms with van der Waals surface area (Å²) in [6.45, 7) is 0. The summed E-state index contributed by atoms with van der Waals surface area (Å²) < 4.78 is 5.97. The topological polar surface area (TPSA) is 86.7 Å². The summed E-state index contributed by atoms with van der Waals surface area (Å²) in [6.07, 6.45) is 0. The van der Waals surface area contributed by atoms with E-state index >= 15 is 0 Å². The van der Waals surface area contributed by atoms with Gasteiger partial charge in [-0.25, -0.2) is 0 Å². The maximum atomic E-state index is 11.0. The molecule has 0 aromatic carbocycles. The third-order valence-corrected chi connectivity index (χ3v) is 46.4. The number of carbonyl (C=O) groups excluding carboxylic acids is 4. The number of cyclic esters (lactones) is 4. The Balaban J connectivity index is 2.34. The number of hydrogen-bond donors (Lipinski definition) is 0. The van der Waals surface area contributed by atoms with Crippen molar-refractivity contribution in [2.24, 2.45) is 0 Å². The van der Waals surface area contributed by atoms with Gasteiger partial charge in [0.25, 0.3) is 0 Å². The molecule has 0 spiro atoms. The summed E-state index contributed by atoms with van der Waals surface area (Å²) in [7, 11) is 0. The van der Waals surface area contributed by atoms with Crippen LogP contribution < -0.4 is 13.3 Å². The van der Waals surface area contributed by atoms with Gasteiger partial charge in [0.1, 0.15) is 0 Å². The second-order valence-corrected chi connectivity index (χ2v) is 35.1. The van der Waals surface area contributed by atoms with Crippen LogP contribution in [0.15, 0.2) is 0 Å². The van der Waals surface area contributed by atoms with E-state index in [4.69, 9.17) is 0 Å². The molecule has 2 heterocycles. The van der Waals surface area contributed by atoms with Gasteiger partial charge >= 0.3 is 89.5 Å². The molecule has 0 amide bonds. The van der Waals surface area contributed by atoms with Crippen LogP contribution in [0.5, 0.6) is 0 Å². The molecule has 2 aliphatic rings. The standard InChI is InChI=1S/C4I3O6/c8-1-6-2(9)13-4(11)7(5-6)3(10)12-1/q-1. The minimum atomic E-state index is -2.50. The number of hydrogen-bond acceptors (Lipinski definition) is 6. The average molecular weight is 525 g/mol. The van der Waals surface area contributed by atoms with Crippen molar-refractivity contribution in [3.05, 3.63) is 0 Å². The fourth-order valence-electron chi connectivity index (χ4n) is 0.530. The van der Waals surface area contributed by atoms with Crippen molar-refractivity contribution < 1.29 is 41.9 Å². The summed E-state index contributed by atoms with van der Waals surface area (Å²) in [5.74, 6) is 0. The zero-order chi connectivity index (χ0) is 9.59. The first-order valence-electron chi connectivity index (χ1n) is 2.67. The van der Waals surface area contributed by atoms with E-state index in [1.807, 2.05) is 0 Å². The molecule has 6 nitrogen and oxygen atoms in total. The summed E-state index contributed by atoms with van der Waals surface area (Å²) in [6, 6.07) is 0. The van der Waals surface area contributed by atoms with Crippen LogP contribution in [0.3, 0.4) is 0 Å². The molecule has 2 rings (SSSR count). The number of halogens is 3. The Kier molecular flexibility index (Phi) is 2.74. The Hall–Kier alpha value is 0.470. The fraction of sp³-hybridized carbons (Fsp3) is 0. The molecule has 0 saturated carbocycles. The van der Waals surface area contributed by atoms with Gasteiger partial charge in [0.15, 0.2) is 0 Å². The molecular formula is C4I3O6-. The van der Waals surface area contributed by atoms with Gasteiger partial charge in [-0.3, -0.25) is 0 Å². The van der Waals surface area contributed by atoms with Gasteiger partial charge in [-0.1, -0.05) is 0 Å². The molecule has 9 heteroatoms. The Labute approximate surface area is 88.2 Å². The number of fused-ring (bicyclic) bond motifs is 2. The molecule has 0 unspecified atom stereocenters. The van der Waals surface area contributed by atoms with Crippen LogP contribution in [0, 0.1) is 0 Å². The van der Waals surface area contributed by atoms with Crippen molar-refractivity contribution in [1.82, 2.24) is 0 Å². The maximum absolute atomic E-state index is 11.0. The van der Waals surface area contributed by atoms with Gasteiger partial charge in [-0.15, -0.1) is 0 Å². The van der Waals surface area contributed by atoms with Crippen LogP contribution in [0.1, 0.15) is 0 Å². The summed E-state index contributed by atoms with van der Waals surface area (Å²) in [4.78, 5) is 44.0. The van der Waals surface area contributed by atoms with Crippen molar-refractivity contribution in [2.45, 2.75) is 0 Å². The van der Waals surface area contributed by atoms with Gasteiger partial charge in [-0.2, -0.15) is 0 Å². The first kappa shape index (κ1) is 10.0. The normalized spacial score (nSPS) is 27.7. The number of rotatable bonds is 0. The predicted molar refractivity (Wildman–Crippen MR) is 51.8 cm³/mol. The zero-order valence-corrected chi connectivity index (χ0v) is 12.1. The van der Waals surface area contributed by atoms with Gasteiger partial charge in [0.2, 0.25) is 0 Å². The molecule has 13 heavy (non-hydrogen) atoms. The molecule has 0 atom stereocenters. The second kappa shape index (κ2) is 3.56. The van der Waals surface area contributed by atoms with Crippen molar-refractivity contribution in [3.63, 3.8) is 0 Å². The van der Waals surface area contributed by atoms with Crippen LogP contribution >= 0.6 is 31.7 Å². The van der Waals surface area contributed by atoms with Crippen LogP contribution in [0.4, 0.5) is 19.2 Å². The molecule has 0 aromatic rings. The fourth-order valence-corrected chi connectivity index (χ4v) is 48.7. The second-order valence-electron chi connectivity index (χ2n) is 1.68. The first-order valence-corrected chi connectivity index (χ1v) is 19.6. The third kappa shape index (κ3) is 1.69. The molecule has 74 valence electrons. The quantitative estimate of drug-likeness (QED) is 0.240. The van der Waals surface area contributed by atoms with E-state index in [0.29, 0.717) is 0 Å². The predicted octanol–water partition coefficient (Wildman–Crippen LogP) is -0.541. The van der Waals surface area contributed by atoms with E-state index in [1.165, 1.54) is 0 Å². The van der Waals surface area contributed by atoms with Crippen LogP contribution in [0.25, 0.3) is 0 Å². The number of ether oxygens (including phenoxy) is 2. The van der Waals surface area contributed by atoms with Crippen LogP contribution in [-0.2, 0) is 9.47 Å². The SMILES string of the molecule is O=C1OC(=O)I2[I-]I1C(=O)OC2=O. The van der Waals surface area contributed by atoms with Crippen LogP contribution in [0.2, 0.25) is 0 Å². The van der Waals surface area contributed by atoms with Gasteiger partial charge in [0, 0.05) is 0 Å². The molecule has 2 saturated heterocycles. The van der Waals surface area contributed by atoms with E-state index in [9.17, 15) is 19.2 Å². The van der Waals surface area contributed by atoms with E-state index in [2.05, 4.69) is 9.47 Å².